The fourth-order valence-electron chi connectivity index (χ4n) is 1.90. The van der Waals surface area contributed by atoms with E-state index in [1.165, 1.54) is 13.2 Å². The average Bonchev–Trinajstić information content (AvgIpc) is 2.58. The standard InChI is InChI=1S/C18H27N3O5/c1-11(2)8-9-26-14-7-6-13(10-15(14)25-5)16(22)20-21-18(24)17(23)19-12(3)4/h6-7,10-12H,8-9H2,1-5H3,(H,19,23)(H,20,22)(H,21,24). The van der Waals surface area contributed by atoms with Gasteiger partial charge in [0.05, 0.1) is 13.7 Å². The summed E-state index contributed by atoms with van der Waals surface area (Å²) in [7, 11) is 1.48. The van der Waals surface area contributed by atoms with Gasteiger partial charge in [0.15, 0.2) is 11.5 Å². The van der Waals surface area contributed by atoms with Crippen LogP contribution >= 0.6 is 0 Å². The van der Waals surface area contributed by atoms with Gasteiger partial charge in [-0.1, -0.05) is 13.8 Å². The molecule has 144 valence electrons. The van der Waals surface area contributed by atoms with Crippen LogP contribution in [0.2, 0.25) is 0 Å². The molecule has 0 atom stereocenters. The van der Waals surface area contributed by atoms with Crippen molar-refractivity contribution < 1.29 is 23.9 Å². The number of hydrogen-bond acceptors (Lipinski definition) is 5. The van der Waals surface area contributed by atoms with E-state index in [1.807, 2.05) is 0 Å². The van der Waals surface area contributed by atoms with Crippen molar-refractivity contribution in [1.82, 2.24) is 16.2 Å². The lowest BCUT2D eigenvalue weighted by molar-refractivity contribution is -0.139. The topological polar surface area (TPSA) is 106 Å². The van der Waals surface area contributed by atoms with Crippen LogP contribution < -0.4 is 25.6 Å². The predicted molar refractivity (Wildman–Crippen MR) is 96.8 cm³/mol. The summed E-state index contributed by atoms with van der Waals surface area (Å²) in [5, 5.41) is 2.42. The molecule has 26 heavy (non-hydrogen) atoms. The lowest BCUT2D eigenvalue weighted by Gasteiger charge is -2.13. The molecule has 3 N–H and O–H groups in total. The molecule has 8 heteroatoms. The third-order valence-electron chi connectivity index (χ3n) is 3.29. The van der Waals surface area contributed by atoms with Crippen molar-refractivity contribution in [1.29, 1.82) is 0 Å². The fourth-order valence-corrected chi connectivity index (χ4v) is 1.90. The quantitative estimate of drug-likeness (QED) is 0.500. The molecule has 0 saturated carbocycles. The van der Waals surface area contributed by atoms with Crippen molar-refractivity contribution in [3.63, 3.8) is 0 Å². The molecule has 8 nitrogen and oxygen atoms in total. The molecule has 0 saturated heterocycles. The highest BCUT2D eigenvalue weighted by molar-refractivity contribution is 6.35. The molecule has 0 spiro atoms. The molecule has 0 unspecified atom stereocenters. The number of hydrazine groups is 1. The van der Waals surface area contributed by atoms with Gasteiger partial charge >= 0.3 is 11.8 Å². The lowest BCUT2D eigenvalue weighted by atomic mass is 10.1. The van der Waals surface area contributed by atoms with E-state index in [-0.39, 0.29) is 11.6 Å². The molecule has 0 aromatic heterocycles. The van der Waals surface area contributed by atoms with E-state index in [0.29, 0.717) is 24.0 Å². The monoisotopic (exact) mass is 365 g/mol. The Balaban J connectivity index is 2.66. The first-order chi connectivity index (χ1) is 12.2. The third-order valence-corrected chi connectivity index (χ3v) is 3.29. The van der Waals surface area contributed by atoms with Crippen molar-refractivity contribution in [3.8, 4) is 11.5 Å². The number of ether oxygens (including phenoxy) is 2. The Morgan fingerprint density at radius 1 is 1.00 bits per heavy atom. The summed E-state index contributed by atoms with van der Waals surface area (Å²) >= 11 is 0. The zero-order valence-electron chi connectivity index (χ0n) is 15.8. The molecule has 0 heterocycles. The number of carbonyl (C=O) groups is 3. The first-order valence-electron chi connectivity index (χ1n) is 8.46. The van der Waals surface area contributed by atoms with E-state index in [0.717, 1.165) is 6.42 Å². The molecular weight excluding hydrogens is 338 g/mol. The molecule has 0 bridgehead atoms. The Morgan fingerprint density at radius 2 is 1.69 bits per heavy atom. The second kappa shape index (κ2) is 10.3. The molecule has 3 amide bonds. The molecule has 0 fully saturated rings. The zero-order chi connectivity index (χ0) is 19.7. The highest BCUT2D eigenvalue weighted by Crippen LogP contribution is 2.28. The van der Waals surface area contributed by atoms with E-state index >= 15 is 0 Å². The predicted octanol–water partition coefficient (Wildman–Crippen LogP) is 1.41. The SMILES string of the molecule is COc1cc(C(=O)NNC(=O)C(=O)NC(C)C)ccc1OCCC(C)C. The minimum Gasteiger partial charge on any atom is -0.493 e. The number of benzene rings is 1. The Morgan fingerprint density at radius 3 is 2.27 bits per heavy atom. The minimum atomic E-state index is -0.951. The Labute approximate surface area is 153 Å². The van der Waals surface area contributed by atoms with Crippen molar-refractivity contribution >= 4 is 17.7 Å². The fraction of sp³-hybridized carbons (Fsp3) is 0.500. The van der Waals surface area contributed by atoms with Crippen LogP contribution in [0.5, 0.6) is 11.5 Å². The van der Waals surface area contributed by atoms with Gasteiger partial charge in [-0.25, -0.2) is 0 Å². The maximum absolute atomic E-state index is 12.1. The summed E-state index contributed by atoms with van der Waals surface area (Å²) in [6.45, 7) is 8.19. The van der Waals surface area contributed by atoms with Crippen molar-refractivity contribution in [2.24, 2.45) is 5.92 Å². The van der Waals surface area contributed by atoms with Crippen molar-refractivity contribution in [2.45, 2.75) is 40.2 Å². The van der Waals surface area contributed by atoms with E-state index in [9.17, 15) is 14.4 Å². The average molecular weight is 365 g/mol. The summed E-state index contributed by atoms with van der Waals surface area (Å²) in [6.07, 6.45) is 0.899. The zero-order valence-corrected chi connectivity index (χ0v) is 15.8. The van der Waals surface area contributed by atoms with Crippen LogP contribution in [0.15, 0.2) is 18.2 Å². The summed E-state index contributed by atoms with van der Waals surface area (Å²) < 4.78 is 10.9. The van der Waals surface area contributed by atoms with E-state index in [2.05, 4.69) is 30.0 Å². The highest BCUT2D eigenvalue weighted by atomic mass is 16.5. The Hall–Kier alpha value is -2.77. The summed E-state index contributed by atoms with van der Waals surface area (Å²) in [6, 6.07) is 4.49. The van der Waals surface area contributed by atoms with Crippen LogP contribution in [0, 0.1) is 5.92 Å². The highest BCUT2D eigenvalue weighted by Gasteiger charge is 2.16. The van der Waals surface area contributed by atoms with Gasteiger partial charge in [0.2, 0.25) is 0 Å². The van der Waals surface area contributed by atoms with Crippen LogP contribution in [0.3, 0.4) is 0 Å². The molecule has 0 aliphatic heterocycles. The van der Waals surface area contributed by atoms with Crippen LogP contribution in [-0.2, 0) is 9.59 Å². The van der Waals surface area contributed by atoms with E-state index in [4.69, 9.17) is 9.47 Å². The number of hydrogen-bond donors (Lipinski definition) is 3. The number of nitrogens with one attached hydrogen (secondary N) is 3. The number of amides is 3. The molecule has 1 aromatic carbocycles. The van der Waals surface area contributed by atoms with Gasteiger partial charge in [-0.2, -0.15) is 0 Å². The minimum absolute atomic E-state index is 0.184. The van der Waals surface area contributed by atoms with Gasteiger partial charge in [-0.15, -0.1) is 0 Å². The molecule has 0 aliphatic rings. The first-order valence-corrected chi connectivity index (χ1v) is 8.46. The molecular formula is C18H27N3O5. The Kier molecular flexibility index (Phi) is 8.41. The maximum Gasteiger partial charge on any atom is 0.327 e. The second-order valence-electron chi connectivity index (χ2n) is 6.43. The van der Waals surface area contributed by atoms with Gasteiger partial charge < -0.3 is 14.8 Å². The second-order valence-corrected chi connectivity index (χ2v) is 6.43. The summed E-state index contributed by atoms with van der Waals surface area (Å²) in [5.74, 6) is -0.903. The normalized spacial score (nSPS) is 10.4. The lowest BCUT2D eigenvalue weighted by Crippen LogP contribution is -2.49. The van der Waals surface area contributed by atoms with Crippen LogP contribution in [0.1, 0.15) is 44.5 Å². The number of rotatable bonds is 7. The van der Waals surface area contributed by atoms with Crippen LogP contribution in [0.25, 0.3) is 0 Å². The summed E-state index contributed by atoms with van der Waals surface area (Å²) in [5.41, 5.74) is 4.50. The van der Waals surface area contributed by atoms with Gasteiger partial charge in [0.1, 0.15) is 0 Å². The van der Waals surface area contributed by atoms with Crippen molar-refractivity contribution in [3.05, 3.63) is 23.8 Å². The smallest absolute Gasteiger partial charge is 0.327 e. The van der Waals surface area contributed by atoms with Crippen LogP contribution in [0.4, 0.5) is 0 Å². The van der Waals surface area contributed by atoms with E-state index < -0.39 is 17.7 Å². The van der Waals surface area contributed by atoms with Crippen LogP contribution in [-0.4, -0.2) is 37.5 Å². The van der Waals surface area contributed by atoms with E-state index in [1.54, 1.807) is 26.0 Å². The first kappa shape index (κ1) is 21.3. The van der Waals surface area contributed by atoms with Crippen molar-refractivity contribution in [2.75, 3.05) is 13.7 Å². The maximum atomic E-state index is 12.1. The summed E-state index contributed by atoms with van der Waals surface area (Å²) in [4.78, 5) is 35.2. The largest absolute Gasteiger partial charge is 0.493 e. The van der Waals surface area contributed by atoms with Gasteiger partial charge in [0, 0.05) is 11.6 Å². The molecule has 0 radical (unpaired) electrons. The number of carbonyl (C=O) groups excluding carboxylic acids is 3. The Bertz CT molecular complexity index is 644. The number of methoxy groups -OCH3 is 1. The molecule has 0 aliphatic carbocycles. The van der Waals surface area contributed by atoms with Gasteiger partial charge in [-0.3, -0.25) is 25.2 Å². The molecule has 1 aromatic rings. The van der Waals surface area contributed by atoms with Gasteiger partial charge in [0.25, 0.3) is 5.91 Å². The van der Waals surface area contributed by atoms with Gasteiger partial charge in [-0.05, 0) is 44.4 Å². The third kappa shape index (κ3) is 7.00. The molecule has 1 rings (SSSR count).